The van der Waals surface area contributed by atoms with Crippen molar-refractivity contribution in [3.05, 3.63) is 91.8 Å². The maximum atomic E-state index is 13.3. The molecule has 6 nitrogen and oxygen atoms in total. The number of hydrogen-bond acceptors (Lipinski definition) is 3. The van der Waals surface area contributed by atoms with Crippen LogP contribution in [0.1, 0.15) is 25.0 Å². The van der Waals surface area contributed by atoms with E-state index in [1.54, 1.807) is 35.2 Å². The van der Waals surface area contributed by atoms with Gasteiger partial charge in [0.2, 0.25) is 0 Å². The summed E-state index contributed by atoms with van der Waals surface area (Å²) in [5, 5.41) is 0.508. The van der Waals surface area contributed by atoms with Crippen LogP contribution in [0.25, 0.3) is 16.9 Å². The van der Waals surface area contributed by atoms with Crippen LogP contribution in [0.4, 0.5) is 0 Å². The second-order valence-electron chi connectivity index (χ2n) is 7.94. The fourth-order valence-electron chi connectivity index (χ4n) is 3.56. The van der Waals surface area contributed by atoms with Crippen LogP contribution < -0.4 is 11.2 Å². The second kappa shape index (κ2) is 7.95. The van der Waals surface area contributed by atoms with E-state index in [1.807, 2.05) is 45.0 Å². The summed E-state index contributed by atoms with van der Waals surface area (Å²) in [6.07, 6.45) is 1.62. The predicted octanol–water partition coefficient (Wildman–Crippen LogP) is 4.02. The van der Waals surface area contributed by atoms with Crippen molar-refractivity contribution in [2.45, 2.75) is 33.9 Å². The van der Waals surface area contributed by atoms with Crippen molar-refractivity contribution < 1.29 is 0 Å². The van der Waals surface area contributed by atoms with Crippen molar-refractivity contribution in [1.29, 1.82) is 0 Å². The number of aryl methyl sites for hydroxylation is 1. The van der Waals surface area contributed by atoms with E-state index in [9.17, 15) is 9.59 Å². The van der Waals surface area contributed by atoms with Gasteiger partial charge in [-0.25, -0.2) is 14.3 Å². The Labute approximate surface area is 179 Å². The Morgan fingerprint density at radius 3 is 2.47 bits per heavy atom. The van der Waals surface area contributed by atoms with E-state index in [0.29, 0.717) is 35.0 Å². The van der Waals surface area contributed by atoms with Gasteiger partial charge >= 0.3 is 5.69 Å². The molecule has 7 heteroatoms. The summed E-state index contributed by atoms with van der Waals surface area (Å²) in [5.74, 6) is 0.133. The standard InChI is InChI=1S/C23H23ClN4O2/c1-15(2)12-27-22(29)20-21(28(23(27)30)19-6-4-5-18(24)11-19)25-14-26(20)13-17-9-7-16(3)8-10-17/h4-11,14-15H,12-13H2,1-3H3. The fourth-order valence-corrected chi connectivity index (χ4v) is 3.75. The summed E-state index contributed by atoms with van der Waals surface area (Å²) in [6, 6.07) is 15.1. The molecule has 0 N–H and O–H groups in total. The lowest BCUT2D eigenvalue weighted by Crippen LogP contribution is -2.41. The molecule has 0 amide bonds. The minimum Gasteiger partial charge on any atom is -0.320 e. The Morgan fingerprint density at radius 2 is 1.80 bits per heavy atom. The van der Waals surface area contributed by atoms with Gasteiger partial charge in [0.25, 0.3) is 5.56 Å². The molecule has 2 heterocycles. The van der Waals surface area contributed by atoms with Crippen LogP contribution in [0.2, 0.25) is 5.02 Å². The minimum atomic E-state index is -0.413. The lowest BCUT2D eigenvalue weighted by Gasteiger charge is -2.14. The van der Waals surface area contributed by atoms with Gasteiger partial charge in [0, 0.05) is 18.1 Å². The average Bonchev–Trinajstić information content (AvgIpc) is 3.10. The maximum absolute atomic E-state index is 13.3. The monoisotopic (exact) mass is 422 g/mol. The third-order valence-electron chi connectivity index (χ3n) is 4.99. The first-order valence-corrected chi connectivity index (χ1v) is 10.2. The number of fused-ring (bicyclic) bond motifs is 1. The number of nitrogens with zero attached hydrogens (tertiary/aromatic N) is 4. The van der Waals surface area contributed by atoms with E-state index in [2.05, 4.69) is 4.98 Å². The van der Waals surface area contributed by atoms with Crippen LogP contribution in [0.5, 0.6) is 0 Å². The molecule has 2 aromatic heterocycles. The lowest BCUT2D eigenvalue weighted by molar-refractivity contribution is 0.489. The molecule has 0 unspecified atom stereocenters. The molecule has 154 valence electrons. The van der Waals surface area contributed by atoms with Gasteiger partial charge in [-0.2, -0.15) is 0 Å². The van der Waals surface area contributed by atoms with Crippen LogP contribution in [0.3, 0.4) is 0 Å². The largest absolute Gasteiger partial charge is 0.337 e. The van der Waals surface area contributed by atoms with Crippen LogP contribution in [0.15, 0.2) is 64.4 Å². The van der Waals surface area contributed by atoms with Gasteiger partial charge in [0.05, 0.1) is 12.0 Å². The highest BCUT2D eigenvalue weighted by Gasteiger charge is 2.20. The topological polar surface area (TPSA) is 61.8 Å². The van der Waals surface area contributed by atoms with Crippen molar-refractivity contribution in [2.24, 2.45) is 5.92 Å². The molecular weight excluding hydrogens is 400 g/mol. The molecule has 0 radical (unpaired) electrons. The van der Waals surface area contributed by atoms with Crippen LogP contribution >= 0.6 is 11.6 Å². The highest BCUT2D eigenvalue weighted by Crippen LogP contribution is 2.18. The summed E-state index contributed by atoms with van der Waals surface area (Å²) < 4.78 is 4.57. The number of rotatable bonds is 5. The van der Waals surface area contributed by atoms with E-state index in [0.717, 1.165) is 5.56 Å². The number of hydrogen-bond donors (Lipinski definition) is 0. The van der Waals surface area contributed by atoms with E-state index in [1.165, 1.54) is 14.7 Å². The van der Waals surface area contributed by atoms with Crippen molar-refractivity contribution >= 4 is 22.8 Å². The minimum absolute atomic E-state index is 0.133. The Balaban J connectivity index is 1.99. The number of halogens is 1. The third kappa shape index (κ3) is 3.71. The van der Waals surface area contributed by atoms with E-state index < -0.39 is 5.69 Å². The Morgan fingerprint density at radius 1 is 1.07 bits per heavy atom. The van der Waals surface area contributed by atoms with Crippen LogP contribution in [-0.2, 0) is 13.1 Å². The van der Waals surface area contributed by atoms with E-state index in [-0.39, 0.29) is 11.5 Å². The molecule has 0 bridgehead atoms. The van der Waals surface area contributed by atoms with Gasteiger partial charge in [-0.1, -0.05) is 61.3 Å². The number of benzene rings is 2. The molecule has 0 aliphatic carbocycles. The molecule has 4 rings (SSSR count). The molecule has 30 heavy (non-hydrogen) atoms. The molecule has 4 aromatic rings. The summed E-state index contributed by atoms with van der Waals surface area (Å²) >= 11 is 6.17. The normalized spacial score (nSPS) is 11.5. The van der Waals surface area contributed by atoms with Crippen molar-refractivity contribution in [3.63, 3.8) is 0 Å². The van der Waals surface area contributed by atoms with Gasteiger partial charge in [-0.05, 0) is 36.6 Å². The molecule has 0 atom stereocenters. The lowest BCUT2D eigenvalue weighted by atomic mass is 10.1. The molecule has 0 fully saturated rings. The third-order valence-corrected chi connectivity index (χ3v) is 5.22. The van der Waals surface area contributed by atoms with E-state index >= 15 is 0 Å². The zero-order valence-electron chi connectivity index (χ0n) is 17.2. The smallest absolute Gasteiger partial charge is 0.320 e. The van der Waals surface area contributed by atoms with Crippen LogP contribution in [-0.4, -0.2) is 18.7 Å². The Kier molecular flexibility index (Phi) is 5.35. The van der Waals surface area contributed by atoms with Crippen molar-refractivity contribution in [3.8, 4) is 5.69 Å². The second-order valence-corrected chi connectivity index (χ2v) is 8.37. The molecule has 0 saturated carbocycles. The summed E-state index contributed by atoms with van der Waals surface area (Å²) in [4.78, 5) is 31.1. The zero-order chi connectivity index (χ0) is 21.4. The molecule has 2 aromatic carbocycles. The number of aromatic nitrogens is 4. The molecule has 0 aliphatic heterocycles. The first-order valence-electron chi connectivity index (χ1n) is 9.87. The molecule has 0 spiro atoms. The van der Waals surface area contributed by atoms with Gasteiger partial charge in [-0.3, -0.25) is 9.36 Å². The average molecular weight is 423 g/mol. The SMILES string of the molecule is Cc1ccc(Cn2cnc3c2c(=O)n(CC(C)C)c(=O)n3-c2cccc(Cl)c2)cc1. The Hall–Kier alpha value is -3.12. The van der Waals surface area contributed by atoms with Gasteiger partial charge in [0.1, 0.15) is 0 Å². The van der Waals surface area contributed by atoms with Gasteiger partial charge in [0.15, 0.2) is 11.2 Å². The molecule has 0 saturated heterocycles. The van der Waals surface area contributed by atoms with Crippen molar-refractivity contribution in [2.75, 3.05) is 0 Å². The van der Waals surface area contributed by atoms with E-state index in [4.69, 9.17) is 11.6 Å². The predicted molar refractivity (Wildman–Crippen MR) is 120 cm³/mol. The molecule has 0 aliphatic rings. The highest BCUT2D eigenvalue weighted by atomic mass is 35.5. The summed E-state index contributed by atoms with van der Waals surface area (Å²) in [6.45, 7) is 6.79. The first kappa shape index (κ1) is 20.2. The summed E-state index contributed by atoms with van der Waals surface area (Å²) in [7, 11) is 0. The number of imidazole rings is 1. The first-order chi connectivity index (χ1) is 14.3. The maximum Gasteiger partial charge on any atom is 0.337 e. The Bertz CT molecular complexity index is 1330. The van der Waals surface area contributed by atoms with Gasteiger partial charge < -0.3 is 4.57 Å². The zero-order valence-corrected chi connectivity index (χ0v) is 17.9. The quantitative estimate of drug-likeness (QED) is 0.488. The van der Waals surface area contributed by atoms with Gasteiger partial charge in [-0.15, -0.1) is 0 Å². The highest BCUT2D eigenvalue weighted by molar-refractivity contribution is 6.30. The molecular formula is C23H23ClN4O2. The van der Waals surface area contributed by atoms with Crippen LogP contribution in [0, 0.1) is 12.8 Å². The summed E-state index contributed by atoms with van der Waals surface area (Å²) in [5.41, 5.74) is 2.79. The fraction of sp³-hybridized carbons (Fsp3) is 0.261. The van der Waals surface area contributed by atoms with Crippen molar-refractivity contribution in [1.82, 2.24) is 18.7 Å².